The summed E-state index contributed by atoms with van der Waals surface area (Å²) >= 11 is 0. The van der Waals surface area contributed by atoms with Crippen molar-refractivity contribution >= 4 is 17.5 Å². The maximum Gasteiger partial charge on any atom is 0.227 e. The van der Waals surface area contributed by atoms with E-state index in [1.54, 1.807) is 4.90 Å². The molecule has 4 heteroatoms. The van der Waals surface area contributed by atoms with Gasteiger partial charge in [-0.05, 0) is 44.7 Å². The summed E-state index contributed by atoms with van der Waals surface area (Å²) in [4.78, 5) is 26.3. The number of hydrogen-bond acceptors (Lipinski definition) is 2. The Balaban J connectivity index is 1.91. The number of carbonyl (C=O) groups is 2. The third-order valence-corrected chi connectivity index (χ3v) is 4.41. The van der Waals surface area contributed by atoms with Crippen LogP contribution in [0.4, 0.5) is 5.69 Å². The molecule has 1 aromatic rings. The van der Waals surface area contributed by atoms with Gasteiger partial charge in [-0.25, -0.2) is 0 Å². The van der Waals surface area contributed by atoms with Crippen LogP contribution in [-0.4, -0.2) is 24.4 Å². The Morgan fingerprint density at radius 1 is 1.22 bits per heavy atom. The van der Waals surface area contributed by atoms with Gasteiger partial charge >= 0.3 is 0 Å². The first-order chi connectivity index (χ1) is 10.9. The molecular weight excluding hydrogens is 288 g/mol. The van der Waals surface area contributed by atoms with Gasteiger partial charge in [-0.1, -0.05) is 31.5 Å². The Hall–Kier alpha value is -1.84. The summed E-state index contributed by atoms with van der Waals surface area (Å²) in [6.45, 7) is 8.90. The van der Waals surface area contributed by atoms with Gasteiger partial charge in [-0.15, -0.1) is 0 Å². The van der Waals surface area contributed by atoms with Gasteiger partial charge in [-0.2, -0.15) is 0 Å². The largest absolute Gasteiger partial charge is 0.353 e. The van der Waals surface area contributed by atoms with E-state index < -0.39 is 0 Å². The monoisotopic (exact) mass is 316 g/mol. The van der Waals surface area contributed by atoms with Crippen LogP contribution in [0, 0.1) is 18.8 Å². The van der Waals surface area contributed by atoms with E-state index >= 15 is 0 Å². The zero-order valence-corrected chi connectivity index (χ0v) is 14.6. The van der Waals surface area contributed by atoms with Crippen molar-refractivity contribution in [2.75, 3.05) is 11.4 Å². The van der Waals surface area contributed by atoms with Gasteiger partial charge in [0.05, 0.1) is 5.92 Å². The number of anilines is 1. The van der Waals surface area contributed by atoms with Crippen molar-refractivity contribution in [2.24, 2.45) is 11.8 Å². The van der Waals surface area contributed by atoms with Crippen molar-refractivity contribution < 1.29 is 9.59 Å². The van der Waals surface area contributed by atoms with Crippen LogP contribution in [0.5, 0.6) is 0 Å². The molecule has 1 aromatic carbocycles. The first-order valence-electron chi connectivity index (χ1n) is 8.54. The van der Waals surface area contributed by atoms with Crippen LogP contribution in [0.15, 0.2) is 24.3 Å². The fourth-order valence-corrected chi connectivity index (χ4v) is 2.87. The minimum Gasteiger partial charge on any atom is -0.353 e. The van der Waals surface area contributed by atoms with Gasteiger partial charge in [-0.3, -0.25) is 9.59 Å². The Morgan fingerprint density at radius 3 is 2.48 bits per heavy atom. The van der Waals surface area contributed by atoms with Gasteiger partial charge in [0, 0.05) is 24.7 Å². The van der Waals surface area contributed by atoms with E-state index in [4.69, 9.17) is 0 Å². The fourth-order valence-electron chi connectivity index (χ4n) is 2.87. The zero-order valence-electron chi connectivity index (χ0n) is 14.6. The highest BCUT2D eigenvalue weighted by atomic mass is 16.2. The van der Waals surface area contributed by atoms with E-state index in [1.807, 2.05) is 38.1 Å². The second-order valence-electron chi connectivity index (χ2n) is 7.12. The highest BCUT2D eigenvalue weighted by Crippen LogP contribution is 2.25. The van der Waals surface area contributed by atoms with Gasteiger partial charge < -0.3 is 10.2 Å². The topological polar surface area (TPSA) is 49.4 Å². The lowest BCUT2D eigenvalue weighted by Crippen LogP contribution is -2.38. The zero-order chi connectivity index (χ0) is 17.0. The molecule has 2 atom stereocenters. The first-order valence-corrected chi connectivity index (χ1v) is 8.54. The molecule has 0 spiro atoms. The van der Waals surface area contributed by atoms with Crippen molar-refractivity contribution in [3.63, 3.8) is 0 Å². The molecule has 0 saturated carbocycles. The van der Waals surface area contributed by atoms with Crippen molar-refractivity contribution in [1.29, 1.82) is 0 Å². The second kappa shape index (κ2) is 7.62. The number of nitrogens with zero attached hydrogens (tertiary/aromatic N) is 1. The molecular formula is C19H28N2O2. The highest BCUT2D eigenvalue weighted by molar-refractivity contribution is 6.00. The number of aryl methyl sites for hydroxylation is 1. The predicted octanol–water partition coefficient (Wildman–Crippen LogP) is 3.29. The van der Waals surface area contributed by atoms with Crippen LogP contribution in [0.3, 0.4) is 0 Å². The molecule has 0 aliphatic carbocycles. The van der Waals surface area contributed by atoms with Crippen molar-refractivity contribution in [3.8, 4) is 0 Å². The lowest BCUT2D eigenvalue weighted by molar-refractivity contribution is -0.126. The third kappa shape index (κ3) is 4.81. The Labute approximate surface area is 139 Å². The number of carbonyl (C=O) groups excluding carboxylic acids is 2. The van der Waals surface area contributed by atoms with Crippen LogP contribution >= 0.6 is 0 Å². The number of nitrogens with one attached hydrogen (secondary N) is 1. The average Bonchev–Trinajstić information content (AvgIpc) is 2.88. The van der Waals surface area contributed by atoms with E-state index in [0.717, 1.165) is 24.1 Å². The summed E-state index contributed by atoms with van der Waals surface area (Å²) in [7, 11) is 0. The van der Waals surface area contributed by atoms with E-state index in [1.165, 1.54) is 0 Å². The molecule has 23 heavy (non-hydrogen) atoms. The smallest absolute Gasteiger partial charge is 0.227 e. The van der Waals surface area contributed by atoms with E-state index in [0.29, 0.717) is 18.9 Å². The number of hydrogen-bond donors (Lipinski definition) is 1. The van der Waals surface area contributed by atoms with Crippen molar-refractivity contribution in [2.45, 2.75) is 53.0 Å². The summed E-state index contributed by atoms with van der Waals surface area (Å²) in [6, 6.07) is 8.03. The SMILES string of the molecule is Cc1ccc(N2CC(C(=O)NC(C)CCC(C)C)CC2=O)cc1. The van der Waals surface area contributed by atoms with Gasteiger partial charge in [0.2, 0.25) is 11.8 Å². The Bertz CT molecular complexity index is 551. The standard InChI is InChI=1S/C19H28N2O2/c1-13(2)5-8-15(4)20-19(23)16-11-18(22)21(12-16)17-9-6-14(3)7-10-17/h6-7,9-10,13,15-16H,5,8,11-12H2,1-4H3,(H,20,23). The van der Waals surface area contributed by atoms with Crippen LogP contribution in [0.1, 0.15) is 45.6 Å². The van der Waals surface area contributed by atoms with E-state index in [9.17, 15) is 9.59 Å². The van der Waals surface area contributed by atoms with Crippen LogP contribution in [0.2, 0.25) is 0 Å². The molecule has 1 heterocycles. The van der Waals surface area contributed by atoms with Gasteiger partial charge in [0.15, 0.2) is 0 Å². The first kappa shape index (κ1) is 17.5. The summed E-state index contributed by atoms with van der Waals surface area (Å²) < 4.78 is 0. The van der Waals surface area contributed by atoms with Crippen LogP contribution in [0.25, 0.3) is 0 Å². The van der Waals surface area contributed by atoms with Crippen LogP contribution < -0.4 is 10.2 Å². The second-order valence-corrected chi connectivity index (χ2v) is 7.12. The van der Waals surface area contributed by atoms with Gasteiger partial charge in [0.25, 0.3) is 0 Å². The summed E-state index contributed by atoms with van der Waals surface area (Å²) in [6.07, 6.45) is 2.38. The molecule has 2 unspecified atom stereocenters. The molecule has 0 bridgehead atoms. The molecule has 1 fully saturated rings. The Morgan fingerprint density at radius 2 is 1.87 bits per heavy atom. The van der Waals surface area contributed by atoms with E-state index in [-0.39, 0.29) is 23.8 Å². The maximum atomic E-state index is 12.4. The third-order valence-electron chi connectivity index (χ3n) is 4.41. The van der Waals surface area contributed by atoms with Gasteiger partial charge in [0.1, 0.15) is 0 Å². The molecule has 2 amide bonds. The summed E-state index contributed by atoms with van der Waals surface area (Å²) in [5.41, 5.74) is 2.04. The molecule has 126 valence electrons. The van der Waals surface area contributed by atoms with E-state index in [2.05, 4.69) is 19.2 Å². The normalized spacial score (nSPS) is 19.3. The number of amides is 2. The minimum absolute atomic E-state index is 0.00391. The fraction of sp³-hybridized carbons (Fsp3) is 0.579. The predicted molar refractivity (Wildman–Crippen MR) is 93.3 cm³/mol. The molecule has 1 aliphatic rings. The minimum atomic E-state index is -0.245. The lowest BCUT2D eigenvalue weighted by atomic mass is 10.0. The molecule has 4 nitrogen and oxygen atoms in total. The highest BCUT2D eigenvalue weighted by Gasteiger charge is 2.35. The maximum absolute atomic E-state index is 12.4. The Kier molecular flexibility index (Phi) is 5.80. The number of benzene rings is 1. The quantitative estimate of drug-likeness (QED) is 0.875. The lowest BCUT2D eigenvalue weighted by Gasteiger charge is -2.19. The number of rotatable bonds is 6. The average molecular weight is 316 g/mol. The molecule has 1 saturated heterocycles. The molecule has 0 aromatic heterocycles. The summed E-state index contributed by atoms with van der Waals surface area (Å²) in [5.74, 6) is 0.429. The molecule has 0 radical (unpaired) electrons. The summed E-state index contributed by atoms with van der Waals surface area (Å²) in [5, 5.41) is 3.06. The van der Waals surface area contributed by atoms with Crippen molar-refractivity contribution in [3.05, 3.63) is 29.8 Å². The molecule has 1 aliphatic heterocycles. The van der Waals surface area contributed by atoms with Crippen LogP contribution in [-0.2, 0) is 9.59 Å². The molecule has 1 N–H and O–H groups in total. The molecule has 2 rings (SSSR count). The van der Waals surface area contributed by atoms with Crippen molar-refractivity contribution in [1.82, 2.24) is 5.32 Å².